The fourth-order valence-electron chi connectivity index (χ4n) is 1.75. The minimum absolute atomic E-state index is 0.117. The molecule has 0 aromatic carbocycles. The van der Waals surface area contributed by atoms with Gasteiger partial charge in [-0.3, -0.25) is 0 Å². The van der Waals surface area contributed by atoms with E-state index in [1.54, 1.807) is 0 Å². The van der Waals surface area contributed by atoms with Crippen LogP contribution in [0.25, 0.3) is 0 Å². The highest BCUT2D eigenvalue weighted by molar-refractivity contribution is 5.08. The Morgan fingerprint density at radius 2 is 1.61 bits per heavy atom. The topological polar surface area (TPSA) is 12.0 Å². The molecule has 0 amide bonds. The zero-order valence-electron chi connectivity index (χ0n) is 13.8. The summed E-state index contributed by atoms with van der Waals surface area (Å²) in [5.74, 6) is 7.39. The number of rotatable bonds is 5. The van der Waals surface area contributed by atoms with Gasteiger partial charge in [0.1, 0.15) is 0 Å². The van der Waals surface area contributed by atoms with E-state index in [-0.39, 0.29) is 5.41 Å². The van der Waals surface area contributed by atoms with E-state index >= 15 is 0 Å². The summed E-state index contributed by atoms with van der Waals surface area (Å²) in [5, 5.41) is 3.57. The Labute approximate surface area is 115 Å². The summed E-state index contributed by atoms with van der Waals surface area (Å²) in [6.45, 7) is 19.0. The van der Waals surface area contributed by atoms with Gasteiger partial charge < -0.3 is 5.32 Å². The van der Waals surface area contributed by atoms with Crippen molar-refractivity contribution in [2.24, 2.45) is 16.7 Å². The van der Waals surface area contributed by atoms with E-state index in [0.29, 0.717) is 17.4 Å². The first-order chi connectivity index (χ1) is 8.06. The van der Waals surface area contributed by atoms with E-state index in [0.717, 1.165) is 13.0 Å². The van der Waals surface area contributed by atoms with Gasteiger partial charge in [-0.25, -0.2) is 0 Å². The Morgan fingerprint density at radius 3 is 2.00 bits per heavy atom. The molecule has 106 valence electrons. The SMILES string of the molecule is CCNC(CC#CC(C)(C)C)CC(C)C(C)(C)C. The van der Waals surface area contributed by atoms with Crippen molar-refractivity contribution < 1.29 is 0 Å². The lowest BCUT2D eigenvalue weighted by molar-refractivity contribution is 0.224. The Kier molecular flexibility index (Phi) is 7.00. The maximum absolute atomic E-state index is 3.57. The van der Waals surface area contributed by atoms with Crippen LogP contribution in [0.15, 0.2) is 0 Å². The highest BCUT2D eigenvalue weighted by Crippen LogP contribution is 2.29. The first kappa shape index (κ1) is 17.5. The molecule has 0 spiro atoms. The van der Waals surface area contributed by atoms with E-state index in [1.165, 1.54) is 6.42 Å². The predicted molar refractivity (Wildman–Crippen MR) is 82.5 cm³/mol. The van der Waals surface area contributed by atoms with E-state index in [2.05, 4.69) is 72.5 Å². The Bertz CT molecular complexity index is 279. The molecular weight excluding hydrogens is 218 g/mol. The molecule has 0 bridgehead atoms. The summed E-state index contributed by atoms with van der Waals surface area (Å²) in [6.07, 6.45) is 2.17. The van der Waals surface area contributed by atoms with Crippen LogP contribution >= 0.6 is 0 Å². The van der Waals surface area contributed by atoms with Crippen LogP contribution in [-0.2, 0) is 0 Å². The number of hydrogen-bond acceptors (Lipinski definition) is 1. The minimum Gasteiger partial charge on any atom is -0.313 e. The molecule has 0 saturated heterocycles. The van der Waals surface area contributed by atoms with Gasteiger partial charge in [0.15, 0.2) is 0 Å². The van der Waals surface area contributed by atoms with Crippen molar-refractivity contribution in [2.45, 2.75) is 74.3 Å². The third kappa shape index (κ3) is 8.59. The molecule has 0 saturated carbocycles. The molecule has 0 aliphatic rings. The second-order valence-corrected chi connectivity index (χ2v) is 7.51. The lowest BCUT2D eigenvalue weighted by Gasteiger charge is -2.30. The highest BCUT2D eigenvalue weighted by Gasteiger charge is 2.22. The van der Waals surface area contributed by atoms with Crippen LogP contribution in [0.1, 0.15) is 68.2 Å². The first-order valence-corrected chi connectivity index (χ1v) is 7.29. The lowest BCUT2D eigenvalue weighted by Crippen LogP contribution is -2.33. The molecule has 0 radical (unpaired) electrons. The zero-order valence-corrected chi connectivity index (χ0v) is 13.8. The van der Waals surface area contributed by atoms with Crippen LogP contribution in [0, 0.1) is 28.6 Å². The summed E-state index contributed by atoms with van der Waals surface area (Å²) in [6, 6.07) is 0.527. The van der Waals surface area contributed by atoms with Crippen LogP contribution in [0.2, 0.25) is 0 Å². The lowest BCUT2D eigenvalue weighted by atomic mass is 9.78. The van der Waals surface area contributed by atoms with Crippen LogP contribution < -0.4 is 5.32 Å². The molecular formula is C17H33N. The maximum Gasteiger partial charge on any atom is 0.0243 e. The molecule has 0 fully saturated rings. The first-order valence-electron chi connectivity index (χ1n) is 7.29. The summed E-state index contributed by atoms with van der Waals surface area (Å²) in [4.78, 5) is 0. The van der Waals surface area contributed by atoms with Crippen LogP contribution in [0.4, 0.5) is 0 Å². The molecule has 0 heterocycles. The maximum atomic E-state index is 3.57. The van der Waals surface area contributed by atoms with Gasteiger partial charge in [-0.1, -0.05) is 40.5 Å². The smallest absolute Gasteiger partial charge is 0.0243 e. The van der Waals surface area contributed by atoms with Crippen molar-refractivity contribution in [1.82, 2.24) is 5.32 Å². The van der Waals surface area contributed by atoms with Crippen molar-refractivity contribution in [1.29, 1.82) is 0 Å². The van der Waals surface area contributed by atoms with E-state index < -0.39 is 0 Å². The molecule has 0 aromatic heterocycles. The van der Waals surface area contributed by atoms with E-state index in [4.69, 9.17) is 0 Å². The fraction of sp³-hybridized carbons (Fsp3) is 0.882. The third-order valence-corrected chi connectivity index (χ3v) is 3.42. The van der Waals surface area contributed by atoms with Gasteiger partial charge in [-0.05, 0) is 45.1 Å². The average molecular weight is 251 g/mol. The second-order valence-electron chi connectivity index (χ2n) is 7.51. The van der Waals surface area contributed by atoms with Crippen molar-refractivity contribution in [3.63, 3.8) is 0 Å². The van der Waals surface area contributed by atoms with Gasteiger partial charge in [0.05, 0.1) is 0 Å². The van der Waals surface area contributed by atoms with Crippen LogP contribution in [0.5, 0.6) is 0 Å². The second kappa shape index (κ2) is 7.19. The largest absolute Gasteiger partial charge is 0.313 e. The highest BCUT2D eigenvalue weighted by atomic mass is 14.9. The molecule has 0 rings (SSSR count). The van der Waals surface area contributed by atoms with Gasteiger partial charge in [-0.15, -0.1) is 5.92 Å². The Hall–Kier alpha value is -0.480. The summed E-state index contributed by atoms with van der Waals surface area (Å²) in [7, 11) is 0. The molecule has 0 aliphatic heterocycles. The third-order valence-electron chi connectivity index (χ3n) is 3.42. The normalized spacial score (nSPS) is 15.8. The van der Waals surface area contributed by atoms with Gasteiger partial charge in [0, 0.05) is 17.9 Å². The molecule has 1 heteroatoms. The van der Waals surface area contributed by atoms with Crippen molar-refractivity contribution in [3.05, 3.63) is 0 Å². The number of hydrogen-bond donors (Lipinski definition) is 1. The van der Waals surface area contributed by atoms with Crippen molar-refractivity contribution in [3.8, 4) is 11.8 Å². The van der Waals surface area contributed by atoms with Gasteiger partial charge >= 0.3 is 0 Å². The van der Waals surface area contributed by atoms with Gasteiger partial charge in [0.2, 0.25) is 0 Å². The average Bonchev–Trinajstić information content (AvgIpc) is 2.14. The monoisotopic (exact) mass is 251 g/mol. The molecule has 0 aliphatic carbocycles. The van der Waals surface area contributed by atoms with Crippen molar-refractivity contribution >= 4 is 0 Å². The summed E-state index contributed by atoms with van der Waals surface area (Å²) >= 11 is 0. The summed E-state index contributed by atoms with van der Waals surface area (Å²) in [5.41, 5.74) is 0.498. The van der Waals surface area contributed by atoms with Gasteiger partial charge in [0.25, 0.3) is 0 Å². The molecule has 1 N–H and O–H groups in total. The molecule has 0 aromatic rings. The summed E-state index contributed by atoms with van der Waals surface area (Å²) < 4.78 is 0. The fourth-order valence-corrected chi connectivity index (χ4v) is 1.75. The molecule has 2 atom stereocenters. The standard InChI is InChI=1S/C17H33N/c1-9-18-15(11-10-12-16(3,4)5)13-14(2)17(6,7)8/h14-15,18H,9,11,13H2,1-8H3. The predicted octanol–water partition coefficient (Wildman–Crippen LogP) is 4.48. The molecule has 2 unspecified atom stereocenters. The molecule has 18 heavy (non-hydrogen) atoms. The van der Waals surface area contributed by atoms with Crippen LogP contribution in [0.3, 0.4) is 0 Å². The Balaban J connectivity index is 4.44. The number of nitrogens with one attached hydrogen (secondary N) is 1. The van der Waals surface area contributed by atoms with E-state index in [9.17, 15) is 0 Å². The van der Waals surface area contributed by atoms with Crippen LogP contribution in [-0.4, -0.2) is 12.6 Å². The van der Waals surface area contributed by atoms with Crippen molar-refractivity contribution in [2.75, 3.05) is 6.54 Å². The Morgan fingerprint density at radius 1 is 1.06 bits per heavy atom. The zero-order chi connectivity index (χ0) is 14.4. The van der Waals surface area contributed by atoms with E-state index in [1.807, 2.05) is 0 Å². The van der Waals surface area contributed by atoms with Gasteiger partial charge in [-0.2, -0.15) is 0 Å². The quantitative estimate of drug-likeness (QED) is 0.711. The molecule has 1 nitrogen and oxygen atoms in total. The minimum atomic E-state index is 0.117.